The largest absolute Gasteiger partial charge is 0.493 e. The molecule has 4 rings (SSSR count). The lowest BCUT2D eigenvalue weighted by Crippen LogP contribution is -2.36. The lowest BCUT2D eigenvalue weighted by atomic mass is 10.1. The first-order valence-electron chi connectivity index (χ1n) is 11.3. The van der Waals surface area contributed by atoms with Crippen LogP contribution in [0.15, 0.2) is 65.6 Å². The molecule has 1 aliphatic heterocycles. The number of anilines is 1. The Balaban J connectivity index is 1.45. The Hall–Kier alpha value is -3.91. The minimum atomic E-state index is -1.01. The summed E-state index contributed by atoms with van der Waals surface area (Å²) in [5.41, 5.74) is 1.85. The van der Waals surface area contributed by atoms with E-state index >= 15 is 0 Å². The van der Waals surface area contributed by atoms with E-state index in [1.807, 2.05) is 0 Å². The standard InChI is InChI=1S/C27H20FIN2O7S/c1-37-21-11-16(10-20(29)24(21)38-14-15-2-4-17(5-3-15)26(34)35)12-22-25(33)31(27(36)39-22)13-23(32)30-19-8-6-18(28)7-9-19/h2-12H,13-14H2,1H3,(H,30,32)(H,34,35)/b22-12-. The fourth-order valence-electron chi connectivity index (χ4n) is 3.53. The van der Waals surface area contributed by atoms with E-state index in [0.29, 0.717) is 38.1 Å². The molecule has 0 aliphatic carbocycles. The van der Waals surface area contributed by atoms with Gasteiger partial charge in [0.2, 0.25) is 5.91 Å². The number of hydrogen-bond donors (Lipinski definition) is 2. The topological polar surface area (TPSA) is 122 Å². The van der Waals surface area contributed by atoms with E-state index < -0.39 is 35.4 Å². The number of carbonyl (C=O) groups is 4. The van der Waals surface area contributed by atoms with Gasteiger partial charge in [-0.05, 0) is 100 Å². The van der Waals surface area contributed by atoms with Crippen molar-refractivity contribution in [2.75, 3.05) is 19.0 Å². The average Bonchev–Trinajstić information content (AvgIpc) is 3.16. The molecule has 1 fully saturated rings. The fourth-order valence-corrected chi connectivity index (χ4v) is 5.15. The van der Waals surface area contributed by atoms with E-state index in [2.05, 4.69) is 27.9 Å². The second-order valence-electron chi connectivity index (χ2n) is 8.15. The summed E-state index contributed by atoms with van der Waals surface area (Å²) >= 11 is 2.78. The van der Waals surface area contributed by atoms with Crippen LogP contribution in [0.5, 0.6) is 11.5 Å². The van der Waals surface area contributed by atoms with Crippen LogP contribution in [0.4, 0.5) is 14.9 Å². The van der Waals surface area contributed by atoms with Gasteiger partial charge >= 0.3 is 5.97 Å². The van der Waals surface area contributed by atoms with Crippen LogP contribution in [0.1, 0.15) is 21.5 Å². The molecule has 12 heteroatoms. The quantitative estimate of drug-likeness (QED) is 0.231. The van der Waals surface area contributed by atoms with Crippen molar-refractivity contribution in [1.82, 2.24) is 4.90 Å². The number of imide groups is 1. The zero-order valence-electron chi connectivity index (χ0n) is 20.3. The molecule has 3 amide bonds. The molecule has 3 aromatic carbocycles. The lowest BCUT2D eigenvalue weighted by molar-refractivity contribution is -0.127. The van der Waals surface area contributed by atoms with Crippen molar-refractivity contribution in [1.29, 1.82) is 0 Å². The molecule has 200 valence electrons. The molecule has 2 N–H and O–H groups in total. The molecule has 9 nitrogen and oxygen atoms in total. The van der Waals surface area contributed by atoms with Crippen LogP contribution in [0.3, 0.4) is 0 Å². The van der Waals surface area contributed by atoms with E-state index in [9.17, 15) is 23.6 Å². The first-order chi connectivity index (χ1) is 18.6. The highest BCUT2D eigenvalue weighted by Gasteiger charge is 2.36. The second-order valence-corrected chi connectivity index (χ2v) is 10.3. The summed E-state index contributed by atoms with van der Waals surface area (Å²) < 4.78 is 25.1. The Morgan fingerprint density at radius 2 is 1.79 bits per heavy atom. The number of carbonyl (C=O) groups excluding carboxylic acids is 3. The maximum Gasteiger partial charge on any atom is 0.335 e. The van der Waals surface area contributed by atoms with Gasteiger partial charge in [-0.15, -0.1) is 0 Å². The number of nitrogens with one attached hydrogen (secondary N) is 1. The molecule has 0 saturated carbocycles. The van der Waals surface area contributed by atoms with Crippen LogP contribution < -0.4 is 14.8 Å². The summed E-state index contributed by atoms with van der Waals surface area (Å²) in [5, 5.41) is 11.0. The molecular weight excluding hydrogens is 642 g/mol. The zero-order chi connectivity index (χ0) is 28.1. The number of hydrogen-bond acceptors (Lipinski definition) is 7. The molecule has 0 unspecified atom stereocenters. The van der Waals surface area contributed by atoms with Crippen molar-refractivity contribution in [2.45, 2.75) is 6.61 Å². The van der Waals surface area contributed by atoms with Crippen LogP contribution in [-0.4, -0.2) is 46.7 Å². The highest BCUT2D eigenvalue weighted by Crippen LogP contribution is 2.37. The third-order valence-electron chi connectivity index (χ3n) is 5.44. The monoisotopic (exact) mass is 662 g/mol. The zero-order valence-corrected chi connectivity index (χ0v) is 23.2. The number of carboxylic acids is 1. The van der Waals surface area contributed by atoms with E-state index in [1.165, 1.54) is 49.6 Å². The Labute approximate surface area is 240 Å². The number of methoxy groups -OCH3 is 1. The van der Waals surface area contributed by atoms with Gasteiger partial charge in [0, 0.05) is 5.69 Å². The minimum Gasteiger partial charge on any atom is -0.493 e. The SMILES string of the molecule is COc1cc(/C=C2\SC(=O)N(CC(=O)Nc3ccc(F)cc3)C2=O)cc(I)c1OCc1ccc(C(=O)O)cc1. The molecule has 0 aromatic heterocycles. The molecule has 3 aromatic rings. The van der Waals surface area contributed by atoms with E-state index in [1.54, 1.807) is 24.3 Å². The number of aromatic carboxylic acids is 1. The van der Waals surface area contributed by atoms with Gasteiger partial charge in [-0.2, -0.15) is 0 Å². The molecule has 1 aliphatic rings. The second kappa shape index (κ2) is 12.3. The van der Waals surface area contributed by atoms with Crippen molar-refractivity contribution < 1.29 is 38.1 Å². The number of thioether (sulfide) groups is 1. The molecule has 1 heterocycles. The van der Waals surface area contributed by atoms with Gasteiger partial charge in [0.05, 0.1) is 21.1 Å². The fraction of sp³-hybridized carbons (Fsp3) is 0.111. The number of amides is 3. The predicted molar refractivity (Wildman–Crippen MR) is 151 cm³/mol. The van der Waals surface area contributed by atoms with Gasteiger partial charge in [-0.25, -0.2) is 9.18 Å². The van der Waals surface area contributed by atoms with Gasteiger partial charge in [-0.3, -0.25) is 19.3 Å². The average molecular weight is 662 g/mol. The Kier molecular flexibility index (Phi) is 8.86. The number of benzene rings is 3. The van der Waals surface area contributed by atoms with Gasteiger partial charge < -0.3 is 19.9 Å². The summed E-state index contributed by atoms with van der Waals surface area (Å²) in [6.45, 7) is -0.315. The molecule has 0 spiro atoms. The van der Waals surface area contributed by atoms with Gasteiger partial charge in [0.25, 0.3) is 11.1 Å². The summed E-state index contributed by atoms with van der Waals surface area (Å²) in [7, 11) is 1.47. The van der Waals surface area contributed by atoms with Crippen LogP contribution in [0, 0.1) is 9.39 Å². The Morgan fingerprint density at radius 3 is 2.44 bits per heavy atom. The van der Waals surface area contributed by atoms with Crippen molar-refractivity contribution in [3.05, 3.63) is 91.6 Å². The normalized spacial score (nSPS) is 14.0. The Bertz CT molecular complexity index is 1480. The number of nitrogens with zero attached hydrogens (tertiary/aromatic N) is 1. The first kappa shape index (κ1) is 28.1. The Morgan fingerprint density at radius 1 is 1.10 bits per heavy atom. The third-order valence-corrected chi connectivity index (χ3v) is 7.15. The van der Waals surface area contributed by atoms with Crippen molar-refractivity contribution >= 4 is 69.1 Å². The predicted octanol–water partition coefficient (Wildman–Crippen LogP) is 5.39. The maximum absolute atomic E-state index is 13.1. The first-order valence-corrected chi connectivity index (χ1v) is 13.2. The van der Waals surface area contributed by atoms with E-state index in [0.717, 1.165) is 10.5 Å². The number of rotatable bonds is 9. The lowest BCUT2D eigenvalue weighted by Gasteiger charge is -2.14. The summed E-state index contributed by atoms with van der Waals surface area (Å²) in [6, 6.07) is 14.8. The molecule has 0 atom stereocenters. The summed E-state index contributed by atoms with van der Waals surface area (Å²) in [4.78, 5) is 49.7. The van der Waals surface area contributed by atoms with E-state index in [-0.39, 0.29) is 17.1 Å². The molecule has 0 radical (unpaired) electrons. The third kappa shape index (κ3) is 6.95. The van der Waals surface area contributed by atoms with Crippen molar-refractivity contribution in [2.24, 2.45) is 0 Å². The highest BCUT2D eigenvalue weighted by molar-refractivity contribution is 14.1. The molecule has 1 saturated heterocycles. The minimum absolute atomic E-state index is 0.139. The molecule has 39 heavy (non-hydrogen) atoms. The van der Waals surface area contributed by atoms with E-state index in [4.69, 9.17) is 14.6 Å². The van der Waals surface area contributed by atoms with Crippen LogP contribution in [0.2, 0.25) is 0 Å². The molecule has 0 bridgehead atoms. The van der Waals surface area contributed by atoms with Crippen LogP contribution >= 0.6 is 34.4 Å². The highest BCUT2D eigenvalue weighted by atomic mass is 127. The molecular formula is C27H20FIN2O7S. The van der Waals surface area contributed by atoms with Crippen LogP contribution in [-0.2, 0) is 16.2 Å². The number of carboxylic acid groups (broad SMARTS) is 1. The van der Waals surface area contributed by atoms with Crippen molar-refractivity contribution in [3.63, 3.8) is 0 Å². The van der Waals surface area contributed by atoms with Gasteiger partial charge in [-0.1, -0.05) is 12.1 Å². The summed E-state index contributed by atoms with van der Waals surface area (Å²) in [5.74, 6) is -1.82. The maximum atomic E-state index is 13.1. The smallest absolute Gasteiger partial charge is 0.335 e. The van der Waals surface area contributed by atoms with Crippen LogP contribution in [0.25, 0.3) is 6.08 Å². The van der Waals surface area contributed by atoms with Crippen molar-refractivity contribution in [3.8, 4) is 11.5 Å². The van der Waals surface area contributed by atoms with Gasteiger partial charge in [0.15, 0.2) is 11.5 Å². The number of ether oxygens (including phenoxy) is 2. The number of halogens is 2. The van der Waals surface area contributed by atoms with Gasteiger partial charge in [0.1, 0.15) is 19.0 Å². The summed E-state index contributed by atoms with van der Waals surface area (Å²) in [6.07, 6.45) is 1.53.